The summed E-state index contributed by atoms with van der Waals surface area (Å²) in [6.07, 6.45) is 5.17. The molecular weight excluding hydrogens is 208 g/mol. The van der Waals surface area contributed by atoms with E-state index in [0.717, 1.165) is 19.3 Å². The number of aldehydes is 1. The first-order valence-corrected chi connectivity index (χ1v) is 5.34. The zero-order valence-corrected chi connectivity index (χ0v) is 9.13. The van der Waals surface area contributed by atoms with Crippen molar-refractivity contribution in [3.05, 3.63) is 18.0 Å². The molecule has 0 bridgehead atoms. The van der Waals surface area contributed by atoms with Crippen LogP contribution in [0.1, 0.15) is 35.8 Å². The van der Waals surface area contributed by atoms with Crippen molar-refractivity contribution in [2.45, 2.75) is 25.3 Å². The number of esters is 1. The van der Waals surface area contributed by atoms with Crippen LogP contribution in [-0.4, -0.2) is 29.1 Å². The maximum Gasteiger partial charge on any atom is 0.310 e. The average molecular weight is 222 g/mol. The van der Waals surface area contributed by atoms with Crippen LogP contribution in [0.2, 0.25) is 0 Å². The maximum absolute atomic E-state index is 11.5. The van der Waals surface area contributed by atoms with Gasteiger partial charge < -0.3 is 4.74 Å². The lowest BCUT2D eigenvalue weighted by molar-refractivity contribution is -0.146. The Labute approximate surface area is 93.4 Å². The Morgan fingerprint density at radius 1 is 1.62 bits per heavy atom. The van der Waals surface area contributed by atoms with Crippen molar-refractivity contribution >= 4 is 12.3 Å². The highest BCUT2D eigenvalue weighted by atomic mass is 16.5. The number of aromatic nitrogens is 2. The minimum atomic E-state index is -0.189. The molecule has 5 nitrogen and oxygen atoms in total. The van der Waals surface area contributed by atoms with E-state index in [0.29, 0.717) is 12.0 Å². The van der Waals surface area contributed by atoms with Crippen molar-refractivity contribution in [1.82, 2.24) is 9.78 Å². The van der Waals surface area contributed by atoms with Crippen LogP contribution in [-0.2, 0) is 9.53 Å². The van der Waals surface area contributed by atoms with Crippen molar-refractivity contribution in [2.75, 3.05) is 7.11 Å². The summed E-state index contributed by atoms with van der Waals surface area (Å²) < 4.78 is 6.48. The second-order valence-corrected chi connectivity index (χ2v) is 3.97. The van der Waals surface area contributed by atoms with E-state index in [2.05, 4.69) is 5.10 Å². The molecule has 1 aromatic heterocycles. The molecule has 0 N–H and O–H groups in total. The number of hydrogen-bond donors (Lipinski definition) is 0. The number of methoxy groups -OCH3 is 1. The molecule has 0 saturated heterocycles. The second-order valence-electron chi connectivity index (χ2n) is 3.97. The monoisotopic (exact) mass is 222 g/mol. The molecule has 1 saturated carbocycles. The number of ether oxygens (including phenoxy) is 1. The molecule has 1 aromatic rings. The van der Waals surface area contributed by atoms with Crippen LogP contribution in [0.15, 0.2) is 12.3 Å². The molecule has 2 unspecified atom stereocenters. The van der Waals surface area contributed by atoms with Gasteiger partial charge in [0.15, 0.2) is 6.29 Å². The molecule has 0 amide bonds. The van der Waals surface area contributed by atoms with Gasteiger partial charge in [-0.15, -0.1) is 0 Å². The third-order valence-corrected chi connectivity index (χ3v) is 3.07. The quantitative estimate of drug-likeness (QED) is 0.569. The van der Waals surface area contributed by atoms with Crippen molar-refractivity contribution in [3.8, 4) is 0 Å². The topological polar surface area (TPSA) is 61.2 Å². The molecule has 0 spiro atoms. The lowest BCUT2D eigenvalue weighted by atomic mass is 10.0. The Morgan fingerprint density at radius 3 is 3.06 bits per heavy atom. The zero-order chi connectivity index (χ0) is 11.5. The summed E-state index contributed by atoms with van der Waals surface area (Å²) in [5, 5.41) is 4.12. The van der Waals surface area contributed by atoms with Crippen LogP contribution in [0.4, 0.5) is 0 Å². The van der Waals surface area contributed by atoms with E-state index in [9.17, 15) is 9.59 Å². The lowest BCUT2D eigenvalue weighted by Gasteiger charge is -2.17. The SMILES string of the molecule is COC(=O)C1CCCC1n1ccc(C=O)n1. The van der Waals surface area contributed by atoms with Gasteiger partial charge in [0, 0.05) is 6.20 Å². The number of rotatable bonds is 3. The van der Waals surface area contributed by atoms with E-state index in [1.165, 1.54) is 7.11 Å². The van der Waals surface area contributed by atoms with Crippen LogP contribution in [0, 0.1) is 5.92 Å². The second kappa shape index (κ2) is 4.47. The maximum atomic E-state index is 11.5. The van der Waals surface area contributed by atoms with E-state index in [1.54, 1.807) is 16.9 Å². The highest BCUT2D eigenvalue weighted by Gasteiger charge is 2.35. The van der Waals surface area contributed by atoms with Gasteiger partial charge in [0.1, 0.15) is 5.69 Å². The van der Waals surface area contributed by atoms with Gasteiger partial charge in [-0.05, 0) is 18.9 Å². The lowest BCUT2D eigenvalue weighted by Crippen LogP contribution is -2.23. The molecule has 1 heterocycles. The zero-order valence-electron chi connectivity index (χ0n) is 9.13. The van der Waals surface area contributed by atoms with Crippen LogP contribution in [0.3, 0.4) is 0 Å². The molecule has 1 aliphatic rings. The van der Waals surface area contributed by atoms with Gasteiger partial charge in [0.25, 0.3) is 0 Å². The molecule has 5 heteroatoms. The van der Waals surface area contributed by atoms with Gasteiger partial charge in [-0.3, -0.25) is 14.3 Å². The Hall–Kier alpha value is -1.65. The van der Waals surface area contributed by atoms with Crippen LogP contribution in [0.25, 0.3) is 0 Å². The highest BCUT2D eigenvalue weighted by molar-refractivity contribution is 5.73. The predicted octanol–water partition coefficient (Wildman–Crippen LogP) is 1.21. The molecule has 2 rings (SSSR count). The summed E-state index contributed by atoms with van der Waals surface area (Å²) in [6, 6.07) is 1.68. The number of carbonyl (C=O) groups is 2. The average Bonchev–Trinajstić information content (AvgIpc) is 2.95. The summed E-state index contributed by atoms with van der Waals surface area (Å²) in [7, 11) is 1.40. The van der Waals surface area contributed by atoms with Crippen molar-refractivity contribution < 1.29 is 14.3 Å². The van der Waals surface area contributed by atoms with Gasteiger partial charge in [0.2, 0.25) is 0 Å². The Morgan fingerprint density at radius 2 is 2.44 bits per heavy atom. The summed E-state index contributed by atoms with van der Waals surface area (Å²) >= 11 is 0. The largest absolute Gasteiger partial charge is 0.469 e. The molecular formula is C11H14N2O3. The molecule has 0 radical (unpaired) electrons. The Balaban J connectivity index is 2.19. The summed E-state index contributed by atoms with van der Waals surface area (Å²) in [6.45, 7) is 0. The molecule has 0 aromatic carbocycles. The first-order valence-electron chi connectivity index (χ1n) is 5.34. The first-order chi connectivity index (χ1) is 7.76. The van der Waals surface area contributed by atoms with E-state index in [4.69, 9.17) is 4.74 Å². The summed E-state index contributed by atoms with van der Waals surface area (Å²) in [5.41, 5.74) is 0.399. The van der Waals surface area contributed by atoms with Crippen LogP contribution in [0.5, 0.6) is 0 Å². The molecule has 16 heavy (non-hydrogen) atoms. The third kappa shape index (κ3) is 1.85. The van der Waals surface area contributed by atoms with Gasteiger partial charge in [0.05, 0.1) is 19.1 Å². The van der Waals surface area contributed by atoms with Gasteiger partial charge >= 0.3 is 5.97 Å². The Kier molecular flexibility index (Phi) is 3.03. The standard InChI is InChI=1S/C11H14N2O3/c1-16-11(15)9-3-2-4-10(9)13-6-5-8(7-14)12-13/h5-7,9-10H,2-4H2,1H3. The van der Waals surface area contributed by atoms with E-state index >= 15 is 0 Å². The molecule has 0 aliphatic heterocycles. The van der Waals surface area contributed by atoms with Gasteiger partial charge in [-0.25, -0.2) is 0 Å². The number of carbonyl (C=O) groups excluding carboxylic acids is 2. The van der Waals surface area contributed by atoms with Crippen molar-refractivity contribution in [2.24, 2.45) is 5.92 Å². The van der Waals surface area contributed by atoms with Crippen molar-refractivity contribution in [3.63, 3.8) is 0 Å². The minimum Gasteiger partial charge on any atom is -0.469 e. The van der Waals surface area contributed by atoms with E-state index < -0.39 is 0 Å². The van der Waals surface area contributed by atoms with E-state index in [1.807, 2.05) is 0 Å². The highest BCUT2D eigenvalue weighted by Crippen LogP contribution is 2.35. The summed E-state index contributed by atoms with van der Waals surface area (Å²) in [4.78, 5) is 22.1. The van der Waals surface area contributed by atoms with E-state index in [-0.39, 0.29) is 17.9 Å². The third-order valence-electron chi connectivity index (χ3n) is 3.07. The number of nitrogens with zero attached hydrogens (tertiary/aromatic N) is 2. The molecule has 86 valence electrons. The molecule has 2 atom stereocenters. The van der Waals surface area contributed by atoms with Crippen LogP contribution < -0.4 is 0 Å². The summed E-state index contributed by atoms with van der Waals surface area (Å²) in [5.74, 6) is -0.324. The fourth-order valence-electron chi connectivity index (χ4n) is 2.28. The van der Waals surface area contributed by atoms with Gasteiger partial charge in [-0.2, -0.15) is 5.10 Å². The van der Waals surface area contributed by atoms with Crippen LogP contribution >= 0.6 is 0 Å². The fourth-order valence-corrected chi connectivity index (χ4v) is 2.28. The smallest absolute Gasteiger partial charge is 0.310 e. The normalized spacial score (nSPS) is 24.3. The minimum absolute atomic E-state index is 0.0288. The predicted molar refractivity (Wildman–Crippen MR) is 56.0 cm³/mol. The molecule has 1 fully saturated rings. The Bertz CT molecular complexity index is 400. The number of hydrogen-bond acceptors (Lipinski definition) is 4. The molecule has 1 aliphatic carbocycles. The first kappa shape index (κ1) is 10.9. The fraction of sp³-hybridized carbons (Fsp3) is 0.545. The van der Waals surface area contributed by atoms with Crippen molar-refractivity contribution in [1.29, 1.82) is 0 Å². The van der Waals surface area contributed by atoms with Gasteiger partial charge in [-0.1, -0.05) is 6.42 Å².